The molecule has 6 heteroatoms. The number of nitrogens with two attached hydrogens (primary N) is 1. The Morgan fingerprint density at radius 2 is 2.16 bits per heavy atom. The topological polar surface area (TPSA) is 64.3 Å². The second kappa shape index (κ2) is 7.70. The lowest BCUT2D eigenvalue weighted by atomic mass is 10.1. The number of carbonyl (C=O) groups is 1. The minimum absolute atomic E-state index is 0.300. The molecular weight excluding hydrogens is 287 g/mol. The zero-order valence-electron chi connectivity index (χ0n) is 11.0. The summed E-state index contributed by atoms with van der Waals surface area (Å²) < 4.78 is 4.91. The second-order valence-corrected chi connectivity index (χ2v) is 5.07. The SMILES string of the molecule is COCCCC(N)C(=O)Nc1c(Cl)ccc(C)c1Cl. The van der Waals surface area contributed by atoms with Crippen LogP contribution in [0.5, 0.6) is 0 Å². The Morgan fingerprint density at radius 1 is 1.47 bits per heavy atom. The minimum atomic E-state index is -0.609. The first-order valence-corrected chi connectivity index (χ1v) is 6.73. The second-order valence-electron chi connectivity index (χ2n) is 4.28. The fourth-order valence-corrected chi connectivity index (χ4v) is 2.03. The van der Waals surface area contributed by atoms with Crippen molar-refractivity contribution in [1.29, 1.82) is 0 Å². The van der Waals surface area contributed by atoms with Crippen LogP contribution in [0.15, 0.2) is 12.1 Å². The van der Waals surface area contributed by atoms with Crippen molar-refractivity contribution in [3.8, 4) is 0 Å². The number of aryl methyl sites for hydroxylation is 1. The predicted molar refractivity (Wildman–Crippen MR) is 78.9 cm³/mol. The number of rotatable bonds is 6. The van der Waals surface area contributed by atoms with E-state index in [0.717, 1.165) is 12.0 Å². The summed E-state index contributed by atoms with van der Waals surface area (Å²) in [7, 11) is 1.61. The van der Waals surface area contributed by atoms with Gasteiger partial charge in [0.15, 0.2) is 0 Å². The first kappa shape index (κ1) is 16.2. The molecule has 0 aliphatic rings. The van der Waals surface area contributed by atoms with Crippen molar-refractivity contribution in [3.63, 3.8) is 0 Å². The number of halogens is 2. The fraction of sp³-hybridized carbons (Fsp3) is 0.462. The molecule has 1 aromatic rings. The maximum atomic E-state index is 11.9. The molecule has 3 N–H and O–H groups in total. The molecule has 1 unspecified atom stereocenters. The van der Waals surface area contributed by atoms with Gasteiger partial charge in [0.25, 0.3) is 0 Å². The van der Waals surface area contributed by atoms with E-state index >= 15 is 0 Å². The Bertz CT molecular complexity index is 453. The van der Waals surface area contributed by atoms with Crippen LogP contribution in [-0.2, 0) is 9.53 Å². The van der Waals surface area contributed by atoms with E-state index in [-0.39, 0.29) is 5.91 Å². The third kappa shape index (κ3) is 4.66. The van der Waals surface area contributed by atoms with E-state index in [1.807, 2.05) is 6.92 Å². The monoisotopic (exact) mass is 304 g/mol. The summed E-state index contributed by atoms with van der Waals surface area (Å²) in [6.45, 7) is 2.42. The molecule has 0 aliphatic carbocycles. The molecule has 0 aliphatic heterocycles. The average molecular weight is 305 g/mol. The molecule has 1 atom stereocenters. The highest BCUT2D eigenvalue weighted by molar-refractivity contribution is 6.40. The lowest BCUT2D eigenvalue weighted by Gasteiger charge is -2.15. The van der Waals surface area contributed by atoms with Gasteiger partial charge in [-0.15, -0.1) is 0 Å². The summed E-state index contributed by atoms with van der Waals surface area (Å²) in [4.78, 5) is 11.9. The van der Waals surface area contributed by atoms with E-state index in [4.69, 9.17) is 33.7 Å². The lowest BCUT2D eigenvalue weighted by Crippen LogP contribution is -2.35. The Labute approximate surface area is 123 Å². The third-order valence-corrected chi connectivity index (χ3v) is 3.53. The Morgan fingerprint density at radius 3 is 2.79 bits per heavy atom. The van der Waals surface area contributed by atoms with E-state index in [1.54, 1.807) is 19.2 Å². The number of amides is 1. The first-order valence-electron chi connectivity index (χ1n) is 5.97. The molecule has 106 valence electrons. The van der Waals surface area contributed by atoms with Gasteiger partial charge >= 0.3 is 0 Å². The van der Waals surface area contributed by atoms with Gasteiger partial charge in [-0.1, -0.05) is 29.3 Å². The number of anilines is 1. The molecule has 1 amide bonds. The summed E-state index contributed by atoms with van der Waals surface area (Å²) in [5.74, 6) is -0.300. The molecule has 0 aromatic heterocycles. The minimum Gasteiger partial charge on any atom is -0.385 e. The molecule has 19 heavy (non-hydrogen) atoms. The van der Waals surface area contributed by atoms with Gasteiger partial charge in [-0.3, -0.25) is 4.79 Å². The van der Waals surface area contributed by atoms with Crippen molar-refractivity contribution in [2.45, 2.75) is 25.8 Å². The Hall–Kier alpha value is -0.810. The van der Waals surface area contributed by atoms with Gasteiger partial charge in [-0.25, -0.2) is 0 Å². The average Bonchev–Trinajstić information content (AvgIpc) is 2.39. The van der Waals surface area contributed by atoms with Crippen LogP contribution in [0.3, 0.4) is 0 Å². The van der Waals surface area contributed by atoms with Crippen LogP contribution in [0.25, 0.3) is 0 Å². The zero-order chi connectivity index (χ0) is 14.4. The molecule has 0 saturated heterocycles. The van der Waals surface area contributed by atoms with Gasteiger partial charge in [0.1, 0.15) is 0 Å². The van der Waals surface area contributed by atoms with Gasteiger partial charge < -0.3 is 15.8 Å². The Balaban J connectivity index is 2.69. The molecule has 1 aromatic carbocycles. The van der Waals surface area contributed by atoms with E-state index < -0.39 is 6.04 Å². The highest BCUT2D eigenvalue weighted by atomic mass is 35.5. The number of ether oxygens (including phenoxy) is 1. The van der Waals surface area contributed by atoms with E-state index in [0.29, 0.717) is 28.8 Å². The van der Waals surface area contributed by atoms with Gasteiger partial charge in [0, 0.05) is 13.7 Å². The van der Waals surface area contributed by atoms with Crippen molar-refractivity contribution in [3.05, 3.63) is 27.7 Å². The van der Waals surface area contributed by atoms with E-state index in [9.17, 15) is 4.79 Å². The number of hydrogen-bond donors (Lipinski definition) is 2. The molecule has 4 nitrogen and oxygen atoms in total. The van der Waals surface area contributed by atoms with Crippen LogP contribution < -0.4 is 11.1 Å². The van der Waals surface area contributed by atoms with Gasteiger partial charge in [0.2, 0.25) is 5.91 Å². The van der Waals surface area contributed by atoms with E-state index in [1.165, 1.54) is 0 Å². The highest BCUT2D eigenvalue weighted by Gasteiger charge is 2.17. The van der Waals surface area contributed by atoms with Crippen molar-refractivity contribution in [2.75, 3.05) is 19.0 Å². The van der Waals surface area contributed by atoms with Crippen LogP contribution in [0.4, 0.5) is 5.69 Å². The number of hydrogen-bond acceptors (Lipinski definition) is 3. The molecule has 0 heterocycles. The Kier molecular flexibility index (Phi) is 6.58. The van der Waals surface area contributed by atoms with Crippen molar-refractivity contribution in [2.24, 2.45) is 5.73 Å². The molecule has 0 fully saturated rings. The van der Waals surface area contributed by atoms with Crippen LogP contribution in [0.2, 0.25) is 10.0 Å². The number of benzene rings is 1. The van der Waals surface area contributed by atoms with Gasteiger partial charge in [-0.05, 0) is 31.4 Å². The molecule has 0 radical (unpaired) electrons. The van der Waals surface area contributed by atoms with Crippen molar-refractivity contribution < 1.29 is 9.53 Å². The number of methoxy groups -OCH3 is 1. The summed E-state index contributed by atoms with van der Waals surface area (Å²) >= 11 is 12.1. The summed E-state index contributed by atoms with van der Waals surface area (Å²) in [5.41, 5.74) is 7.04. The molecular formula is C13H18Cl2N2O2. The molecule has 0 bridgehead atoms. The quantitative estimate of drug-likeness (QED) is 0.794. The normalized spacial score (nSPS) is 12.3. The van der Waals surface area contributed by atoms with Crippen molar-refractivity contribution >= 4 is 34.8 Å². The summed E-state index contributed by atoms with van der Waals surface area (Å²) in [6.07, 6.45) is 1.26. The molecule has 1 rings (SSSR count). The maximum absolute atomic E-state index is 11.9. The highest BCUT2D eigenvalue weighted by Crippen LogP contribution is 2.32. The smallest absolute Gasteiger partial charge is 0.241 e. The summed E-state index contributed by atoms with van der Waals surface area (Å²) in [5, 5.41) is 3.51. The zero-order valence-corrected chi connectivity index (χ0v) is 12.5. The fourth-order valence-electron chi connectivity index (χ4n) is 1.57. The van der Waals surface area contributed by atoms with E-state index in [2.05, 4.69) is 5.32 Å². The predicted octanol–water partition coefficient (Wildman–Crippen LogP) is 2.99. The van der Waals surface area contributed by atoms with Crippen molar-refractivity contribution in [1.82, 2.24) is 0 Å². The van der Waals surface area contributed by atoms with Gasteiger partial charge in [0.05, 0.1) is 21.8 Å². The molecule has 0 spiro atoms. The third-order valence-electron chi connectivity index (χ3n) is 2.73. The largest absolute Gasteiger partial charge is 0.385 e. The molecule has 0 saturated carbocycles. The summed E-state index contributed by atoms with van der Waals surface area (Å²) in [6, 6.07) is 2.87. The van der Waals surface area contributed by atoms with Crippen LogP contribution >= 0.6 is 23.2 Å². The lowest BCUT2D eigenvalue weighted by molar-refractivity contribution is -0.117. The number of nitrogens with one attached hydrogen (secondary N) is 1. The van der Waals surface area contributed by atoms with Crippen LogP contribution in [0.1, 0.15) is 18.4 Å². The van der Waals surface area contributed by atoms with Crippen LogP contribution in [0, 0.1) is 6.92 Å². The number of carbonyl (C=O) groups excluding carboxylic acids is 1. The maximum Gasteiger partial charge on any atom is 0.241 e. The standard InChI is InChI=1S/C13H18Cl2N2O2/c1-8-5-6-9(14)12(11(8)15)17-13(18)10(16)4-3-7-19-2/h5-6,10H,3-4,7,16H2,1-2H3,(H,17,18). The van der Waals surface area contributed by atoms with Crippen LogP contribution in [-0.4, -0.2) is 25.7 Å². The van der Waals surface area contributed by atoms with Gasteiger partial charge in [-0.2, -0.15) is 0 Å². The first-order chi connectivity index (χ1) is 8.97.